The van der Waals surface area contributed by atoms with Crippen molar-refractivity contribution in [2.45, 2.75) is 92.0 Å². The molecule has 9 heteroatoms. The van der Waals surface area contributed by atoms with Crippen molar-refractivity contribution in [1.82, 2.24) is 4.90 Å². The Bertz CT molecular complexity index is 1460. The summed E-state index contributed by atoms with van der Waals surface area (Å²) in [6.07, 6.45) is 5.91. The second kappa shape index (κ2) is 24.5. The molecule has 0 saturated carbocycles. The molecule has 0 fully saturated rings. The molecule has 3 aromatic rings. The monoisotopic (exact) mass is 708 g/mol. The van der Waals surface area contributed by atoms with Gasteiger partial charge in [0.15, 0.2) is 11.5 Å². The van der Waals surface area contributed by atoms with E-state index in [1.807, 2.05) is 48.5 Å². The van der Waals surface area contributed by atoms with E-state index < -0.39 is 5.41 Å². The van der Waals surface area contributed by atoms with Crippen LogP contribution >= 0.6 is 0 Å². The van der Waals surface area contributed by atoms with Crippen LogP contribution in [0.3, 0.4) is 0 Å². The number of aliphatic hydroxyl groups is 3. The van der Waals surface area contributed by atoms with Crippen LogP contribution in [0.2, 0.25) is 0 Å². The van der Waals surface area contributed by atoms with E-state index in [-0.39, 0.29) is 33.2 Å². The summed E-state index contributed by atoms with van der Waals surface area (Å²) >= 11 is 0. The van der Waals surface area contributed by atoms with E-state index in [0.717, 1.165) is 67.0 Å². The molecule has 9 nitrogen and oxygen atoms in total. The van der Waals surface area contributed by atoms with Crippen molar-refractivity contribution in [2.24, 2.45) is 5.92 Å². The van der Waals surface area contributed by atoms with E-state index >= 15 is 0 Å². The Hall–Kier alpha value is -3.65. The van der Waals surface area contributed by atoms with Gasteiger partial charge in [0, 0.05) is 19.2 Å². The molecule has 3 aromatic carbocycles. The van der Waals surface area contributed by atoms with Crippen LogP contribution in [0.25, 0.3) is 0 Å². The molecule has 0 amide bonds. The predicted molar refractivity (Wildman–Crippen MR) is 205 cm³/mol. The van der Waals surface area contributed by atoms with Crippen LogP contribution in [0.15, 0.2) is 54.6 Å². The van der Waals surface area contributed by atoms with Gasteiger partial charge in [0.2, 0.25) is 0 Å². The first-order valence-corrected chi connectivity index (χ1v) is 17.7. The number of likely N-dealkylation sites (N-methyl/N-ethyl adjacent to an activating group) is 1. The number of nitrogens with zero attached hydrogens (tertiary/aromatic N) is 2. The quantitative estimate of drug-likeness (QED) is 0.0983. The fraction of sp³-hybridized carbons (Fsp3) is 0.548. The smallest absolute Gasteiger partial charge is 0.160 e. The molecule has 0 aromatic heterocycles. The molecule has 1 unspecified atom stereocenters. The maximum absolute atomic E-state index is 10.3. The average Bonchev–Trinajstić information content (AvgIpc) is 3.14. The Morgan fingerprint density at radius 1 is 0.745 bits per heavy atom. The molecular weight excluding hydrogens is 644 g/mol. The van der Waals surface area contributed by atoms with Gasteiger partial charge in [0.25, 0.3) is 0 Å². The molecular formula is C42H64N2O7. The third-order valence-corrected chi connectivity index (χ3v) is 9.25. The minimum absolute atomic E-state index is 0. The Morgan fingerprint density at radius 3 is 1.98 bits per heavy atom. The molecule has 0 aliphatic carbocycles. The second-order valence-electron chi connectivity index (χ2n) is 12.9. The lowest BCUT2D eigenvalue weighted by molar-refractivity contribution is 0.144. The van der Waals surface area contributed by atoms with E-state index in [4.69, 9.17) is 29.2 Å². The Balaban J connectivity index is 0.000000725. The van der Waals surface area contributed by atoms with Crippen molar-refractivity contribution < 1.29 is 34.3 Å². The van der Waals surface area contributed by atoms with Gasteiger partial charge in [-0.15, -0.1) is 0 Å². The van der Waals surface area contributed by atoms with Gasteiger partial charge in [-0.1, -0.05) is 65.0 Å². The number of methoxy groups -OCH3 is 3. The summed E-state index contributed by atoms with van der Waals surface area (Å²) in [6, 6.07) is 20.3. The number of unbranched alkanes of at least 4 members (excludes halogenated alkanes) is 1. The summed E-state index contributed by atoms with van der Waals surface area (Å²) in [5.41, 5.74) is 5.09. The van der Waals surface area contributed by atoms with Crippen molar-refractivity contribution in [3.05, 3.63) is 88.0 Å². The normalized spacial score (nSPS) is 12.0. The van der Waals surface area contributed by atoms with Gasteiger partial charge in [-0.25, -0.2) is 0 Å². The second-order valence-corrected chi connectivity index (χ2v) is 12.9. The number of hydrogen-bond acceptors (Lipinski definition) is 9. The minimum atomic E-state index is -0.640. The van der Waals surface area contributed by atoms with Gasteiger partial charge in [-0.2, -0.15) is 5.26 Å². The van der Waals surface area contributed by atoms with Crippen molar-refractivity contribution in [3.8, 4) is 23.3 Å². The standard InChI is InChI=1S/C29H42N2O5.C12H18O2.CH4/c1-22(2)29(21-30,25-9-11-26(24(19-25)20-32)36-17-16-33-4)13-7-14-31(3)15-12-23-8-10-27(34-5)28(18-23)35-6;1-2-3-4-10-5-6-11(8-13)12(7-10)9-14;/h8-11,18-19,22,32H,7,12-17,20H2,1-6H3;5-7,13-14H,2-4,8-9H2,1H3;1H4. The zero-order valence-electron chi connectivity index (χ0n) is 31.3. The van der Waals surface area contributed by atoms with Gasteiger partial charge < -0.3 is 39.2 Å². The third-order valence-electron chi connectivity index (χ3n) is 9.25. The average molecular weight is 709 g/mol. The van der Waals surface area contributed by atoms with Crippen molar-refractivity contribution in [2.75, 3.05) is 54.7 Å². The summed E-state index contributed by atoms with van der Waals surface area (Å²) in [6.45, 7) is 8.88. The zero-order chi connectivity index (χ0) is 36.9. The van der Waals surface area contributed by atoms with Gasteiger partial charge in [0.1, 0.15) is 12.4 Å². The first-order chi connectivity index (χ1) is 24.2. The topological polar surface area (TPSA) is 125 Å². The highest BCUT2D eigenvalue weighted by Gasteiger charge is 2.36. The maximum Gasteiger partial charge on any atom is 0.160 e. The van der Waals surface area contributed by atoms with Crippen LogP contribution in [0, 0.1) is 17.2 Å². The lowest BCUT2D eigenvalue weighted by Gasteiger charge is -2.32. The number of aryl methyl sites for hydroxylation is 1. The third kappa shape index (κ3) is 13.8. The van der Waals surface area contributed by atoms with Crippen LogP contribution in [0.5, 0.6) is 17.2 Å². The van der Waals surface area contributed by atoms with E-state index in [1.165, 1.54) is 24.0 Å². The molecule has 0 radical (unpaired) electrons. The van der Waals surface area contributed by atoms with Crippen LogP contribution in [-0.2, 0) is 42.8 Å². The highest BCUT2D eigenvalue weighted by Crippen LogP contribution is 2.38. The number of benzene rings is 3. The Labute approximate surface area is 307 Å². The molecule has 284 valence electrons. The SMILES string of the molecule is C.CCCCc1ccc(CO)c(CO)c1.COCCOc1ccc(C(C#N)(CCCN(C)CCc2ccc(OC)c(OC)c2)C(C)C)cc1CO. The number of nitriles is 1. The fourth-order valence-electron chi connectivity index (χ4n) is 5.98. The molecule has 0 saturated heterocycles. The molecule has 1 atom stereocenters. The maximum atomic E-state index is 10.3. The lowest BCUT2D eigenvalue weighted by atomic mass is 9.69. The van der Waals surface area contributed by atoms with Crippen LogP contribution < -0.4 is 14.2 Å². The Kier molecular flexibility index (Phi) is 21.8. The van der Waals surface area contributed by atoms with E-state index in [2.05, 4.69) is 44.9 Å². The van der Waals surface area contributed by atoms with Gasteiger partial charge in [-0.3, -0.25) is 0 Å². The molecule has 0 aliphatic heterocycles. The lowest BCUT2D eigenvalue weighted by Crippen LogP contribution is -2.32. The minimum Gasteiger partial charge on any atom is -0.493 e. The summed E-state index contributed by atoms with van der Waals surface area (Å²) < 4.78 is 21.5. The highest BCUT2D eigenvalue weighted by atomic mass is 16.5. The molecule has 0 heterocycles. The number of rotatable bonds is 21. The van der Waals surface area contributed by atoms with Crippen molar-refractivity contribution >= 4 is 0 Å². The van der Waals surface area contributed by atoms with Crippen LogP contribution in [0.1, 0.15) is 87.3 Å². The summed E-state index contributed by atoms with van der Waals surface area (Å²) in [7, 11) is 7.02. The van der Waals surface area contributed by atoms with Crippen molar-refractivity contribution in [1.29, 1.82) is 5.26 Å². The number of ether oxygens (including phenoxy) is 4. The first-order valence-electron chi connectivity index (χ1n) is 17.7. The van der Waals surface area contributed by atoms with E-state index in [0.29, 0.717) is 24.5 Å². The van der Waals surface area contributed by atoms with Gasteiger partial charge in [-0.05, 0) is 104 Å². The largest absolute Gasteiger partial charge is 0.493 e. The number of aliphatic hydroxyl groups excluding tert-OH is 3. The molecule has 3 rings (SSSR count). The van der Waals surface area contributed by atoms with E-state index in [9.17, 15) is 10.4 Å². The van der Waals surface area contributed by atoms with E-state index in [1.54, 1.807) is 21.3 Å². The zero-order valence-corrected chi connectivity index (χ0v) is 31.3. The number of hydrogen-bond donors (Lipinski definition) is 3. The highest BCUT2D eigenvalue weighted by molar-refractivity contribution is 5.44. The fourth-order valence-corrected chi connectivity index (χ4v) is 5.98. The summed E-state index contributed by atoms with van der Waals surface area (Å²) in [5, 5.41) is 38.3. The summed E-state index contributed by atoms with van der Waals surface area (Å²) in [5.74, 6) is 2.22. The molecule has 0 spiro atoms. The molecule has 0 aliphatic rings. The van der Waals surface area contributed by atoms with Crippen LogP contribution in [-0.4, -0.2) is 74.9 Å². The van der Waals surface area contributed by atoms with Crippen LogP contribution in [0.4, 0.5) is 0 Å². The van der Waals surface area contributed by atoms with Gasteiger partial charge in [0.05, 0.1) is 52.1 Å². The summed E-state index contributed by atoms with van der Waals surface area (Å²) in [4.78, 5) is 2.30. The van der Waals surface area contributed by atoms with Crippen molar-refractivity contribution in [3.63, 3.8) is 0 Å². The molecule has 3 N–H and O–H groups in total. The van der Waals surface area contributed by atoms with Gasteiger partial charge >= 0.3 is 0 Å². The first kappa shape index (κ1) is 45.4. The Morgan fingerprint density at radius 2 is 1.39 bits per heavy atom. The predicted octanol–water partition coefficient (Wildman–Crippen LogP) is 7.24. The molecule has 0 bridgehead atoms. The molecule has 51 heavy (non-hydrogen) atoms.